The normalized spacial score (nSPS) is 14.4. The van der Waals surface area contributed by atoms with Crippen molar-refractivity contribution in [2.75, 3.05) is 13.1 Å². The number of nitrogens with zero attached hydrogens (tertiary/aromatic N) is 2. The first-order valence-electron chi connectivity index (χ1n) is 11.2. The molecule has 0 saturated carbocycles. The maximum absolute atomic E-state index is 13.2. The van der Waals surface area contributed by atoms with E-state index in [1.54, 1.807) is 28.8 Å². The summed E-state index contributed by atoms with van der Waals surface area (Å²) in [4.78, 5) is 26.0. The Morgan fingerprint density at radius 3 is 2.14 bits per heavy atom. The van der Waals surface area contributed by atoms with Gasteiger partial charge in [0.2, 0.25) is 0 Å². The lowest BCUT2D eigenvalue weighted by molar-refractivity contribution is 0.132. The smallest absolute Gasteiger partial charge is 0.407 e. The van der Waals surface area contributed by atoms with Crippen LogP contribution in [-0.4, -0.2) is 33.8 Å². The summed E-state index contributed by atoms with van der Waals surface area (Å²) < 4.78 is 1.55. The number of rotatable bonds is 3. The maximum Gasteiger partial charge on any atom is 0.407 e. The standard InChI is InChI=1S/C27H21Cl3N2O3/c28-21-5-2-1-4-18(21)20-14-17(16-10-12-31(13-11-16)27(34)35)15-24-19(20)8-9-25(33)32(24)26-22(29)6-3-7-23(26)30/h1-9,14-16H,10-13H2,(H,34,35). The Morgan fingerprint density at radius 2 is 1.49 bits per heavy atom. The van der Waals surface area contributed by atoms with Crippen LogP contribution in [0.15, 0.2) is 71.5 Å². The highest BCUT2D eigenvalue weighted by molar-refractivity contribution is 6.38. The largest absolute Gasteiger partial charge is 0.465 e. The summed E-state index contributed by atoms with van der Waals surface area (Å²) in [7, 11) is 0. The van der Waals surface area contributed by atoms with Crippen molar-refractivity contribution in [2.45, 2.75) is 18.8 Å². The summed E-state index contributed by atoms with van der Waals surface area (Å²) in [5.74, 6) is 0.127. The number of halogens is 3. The quantitative estimate of drug-likeness (QED) is 0.300. The lowest BCUT2D eigenvalue weighted by Crippen LogP contribution is -2.36. The number of benzene rings is 3. The number of amides is 1. The minimum atomic E-state index is -0.902. The zero-order valence-corrected chi connectivity index (χ0v) is 20.8. The van der Waals surface area contributed by atoms with Gasteiger partial charge in [0.1, 0.15) is 0 Å². The molecule has 1 N–H and O–H groups in total. The number of carbonyl (C=O) groups is 1. The molecule has 0 spiro atoms. The molecule has 8 heteroatoms. The number of aromatic nitrogens is 1. The topological polar surface area (TPSA) is 62.5 Å². The van der Waals surface area contributed by atoms with Gasteiger partial charge in [-0.2, -0.15) is 0 Å². The average molecular weight is 528 g/mol. The number of hydrogen-bond donors (Lipinski definition) is 1. The summed E-state index contributed by atoms with van der Waals surface area (Å²) in [6.07, 6.45) is 0.466. The van der Waals surface area contributed by atoms with Gasteiger partial charge in [0.25, 0.3) is 5.56 Å². The van der Waals surface area contributed by atoms with Crippen molar-refractivity contribution in [3.8, 4) is 16.8 Å². The fraction of sp³-hybridized carbons (Fsp3) is 0.185. The van der Waals surface area contributed by atoms with Crippen molar-refractivity contribution in [1.82, 2.24) is 9.47 Å². The third kappa shape index (κ3) is 4.40. The number of hydrogen-bond acceptors (Lipinski definition) is 2. The van der Waals surface area contributed by atoms with Crippen LogP contribution in [-0.2, 0) is 0 Å². The van der Waals surface area contributed by atoms with Gasteiger partial charge in [-0.3, -0.25) is 9.36 Å². The highest BCUT2D eigenvalue weighted by Gasteiger charge is 2.25. The van der Waals surface area contributed by atoms with E-state index in [1.807, 2.05) is 30.3 Å². The molecule has 0 bridgehead atoms. The lowest BCUT2D eigenvalue weighted by atomic mass is 9.86. The van der Waals surface area contributed by atoms with Crippen LogP contribution >= 0.6 is 34.8 Å². The number of piperidine rings is 1. The number of para-hydroxylation sites is 1. The van der Waals surface area contributed by atoms with Gasteiger partial charge in [0.05, 0.1) is 21.2 Å². The highest BCUT2D eigenvalue weighted by atomic mass is 35.5. The molecule has 1 aliphatic heterocycles. The Morgan fingerprint density at radius 1 is 0.829 bits per heavy atom. The van der Waals surface area contributed by atoms with Gasteiger partial charge >= 0.3 is 6.09 Å². The molecule has 2 heterocycles. The summed E-state index contributed by atoms with van der Waals surface area (Å²) in [6.45, 7) is 0.912. The van der Waals surface area contributed by atoms with Crippen LogP contribution in [0.25, 0.3) is 27.7 Å². The molecule has 35 heavy (non-hydrogen) atoms. The van der Waals surface area contributed by atoms with Crippen LogP contribution in [0.2, 0.25) is 15.1 Å². The molecule has 0 aliphatic carbocycles. The molecule has 1 fully saturated rings. The predicted molar refractivity (Wildman–Crippen MR) is 142 cm³/mol. The van der Waals surface area contributed by atoms with E-state index in [0.29, 0.717) is 52.2 Å². The third-order valence-electron chi connectivity index (χ3n) is 6.60. The van der Waals surface area contributed by atoms with Gasteiger partial charge in [-0.15, -0.1) is 0 Å². The fourth-order valence-corrected chi connectivity index (χ4v) is 5.65. The summed E-state index contributed by atoms with van der Waals surface area (Å²) in [5.41, 5.74) is 3.59. The Labute approximate surface area is 217 Å². The minimum absolute atomic E-state index is 0.127. The number of fused-ring (bicyclic) bond motifs is 1. The number of likely N-dealkylation sites (tertiary alicyclic amines) is 1. The highest BCUT2D eigenvalue weighted by Crippen LogP contribution is 2.39. The van der Waals surface area contributed by atoms with Gasteiger partial charge in [-0.25, -0.2) is 4.79 Å². The second-order valence-electron chi connectivity index (χ2n) is 8.60. The fourth-order valence-electron chi connectivity index (χ4n) is 4.84. The molecule has 0 unspecified atom stereocenters. The van der Waals surface area contributed by atoms with Gasteiger partial charge < -0.3 is 10.0 Å². The minimum Gasteiger partial charge on any atom is -0.465 e. The van der Waals surface area contributed by atoms with Crippen LogP contribution in [0.1, 0.15) is 24.3 Å². The van der Waals surface area contributed by atoms with Gasteiger partial charge in [-0.05, 0) is 60.2 Å². The molecule has 1 aromatic heterocycles. The molecule has 1 saturated heterocycles. The van der Waals surface area contributed by atoms with Crippen molar-refractivity contribution in [2.24, 2.45) is 0 Å². The molecule has 4 aromatic rings. The number of pyridine rings is 1. The first kappa shape index (κ1) is 23.7. The Hall–Kier alpha value is -2.99. The van der Waals surface area contributed by atoms with Crippen LogP contribution in [0, 0.1) is 0 Å². The van der Waals surface area contributed by atoms with E-state index in [2.05, 4.69) is 6.07 Å². The SMILES string of the molecule is O=C(O)N1CCC(c2cc(-c3ccccc3Cl)c3ccc(=O)n(-c4c(Cl)cccc4Cl)c3c2)CC1. The molecular weight excluding hydrogens is 507 g/mol. The Bertz CT molecular complexity index is 1490. The first-order valence-corrected chi connectivity index (χ1v) is 12.4. The van der Waals surface area contributed by atoms with Crippen LogP contribution in [0.5, 0.6) is 0 Å². The molecule has 3 aromatic carbocycles. The average Bonchev–Trinajstić information content (AvgIpc) is 2.85. The van der Waals surface area contributed by atoms with Crippen molar-refractivity contribution >= 4 is 51.8 Å². The second kappa shape index (κ2) is 9.57. The van der Waals surface area contributed by atoms with E-state index < -0.39 is 6.09 Å². The summed E-state index contributed by atoms with van der Waals surface area (Å²) >= 11 is 19.7. The zero-order valence-electron chi connectivity index (χ0n) is 18.5. The van der Waals surface area contributed by atoms with Gasteiger partial charge in [0, 0.05) is 35.1 Å². The maximum atomic E-state index is 13.2. The molecule has 0 atom stereocenters. The zero-order chi connectivity index (χ0) is 24.7. The van der Waals surface area contributed by atoms with Crippen molar-refractivity contribution in [3.05, 3.63) is 97.7 Å². The van der Waals surface area contributed by atoms with E-state index >= 15 is 0 Å². The van der Waals surface area contributed by atoms with Crippen molar-refractivity contribution in [3.63, 3.8) is 0 Å². The lowest BCUT2D eigenvalue weighted by Gasteiger charge is -2.31. The van der Waals surface area contributed by atoms with Crippen LogP contribution < -0.4 is 5.56 Å². The molecular formula is C27H21Cl3N2O3. The predicted octanol–water partition coefficient (Wildman–Crippen LogP) is 7.48. The van der Waals surface area contributed by atoms with E-state index in [4.69, 9.17) is 34.8 Å². The Kier molecular flexibility index (Phi) is 6.49. The molecule has 5 rings (SSSR count). The van der Waals surface area contributed by atoms with E-state index in [1.165, 1.54) is 11.0 Å². The van der Waals surface area contributed by atoms with Crippen molar-refractivity contribution in [1.29, 1.82) is 0 Å². The third-order valence-corrected chi connectivity index (χ3v) is 7.54. The van der Waals surface area contributed by atoms with Crippen LogP contribution in [0.4, 0.5) is 4.79 Å². The van der Waals surface area contributed by atoms with Gasteiger partial charge in [-0.1, -0.05) is 65.1 Å². The van der Waals surface area contributed by atoms with E-state index in [0.717, 1.165) is 22.1 Å². The molecule has 0 radical (unpaired) electrons. The van der Waals surface area contributed by atoms with E-state index in [9.17, 15) is 14.7 Å². The first-order chi connectivity index (χ1) is 16.8. The van der Waals surface area contributed by atoms with Gasteiger partial charge in [0.15, 0.2) is 0 Å². The van der Waals surface area contributed by atoms with Crippen molar-refractivity contribution < 1.29 is 9.90 Å². The number of carboxylic acid groups (broad SMARTS) is 1. The molecule has 1 aliphatic rings. The summed E-state index contributed by atoms with van der Waals surface area (Å²) in [6, 6.07) is 20.1. The molecule has 1 amide bonds. The molecule has 178 valence electrons. The monoisotopic (exact) mass is 526 g/mol. The Balaban J connectivity index is 1.79. The van der Waals surface area contributed by atoms with Crippen LogP contribution in [0.3, 0.4) is 0 Å². The summed E-state index contributed by atoms with van der Waals surface area (Å²) in [5, 5.41) is 11.5. The molecule has 5 nitrogen and oxygen atoms in total. The van der Waals surface area contributed by atoms with E-state index in [-0.39, 0.29) is 11.5 Å². The second-order valence-corrected chi connectivity index (χ2v) is 9.82.